The monoisotopic (exact) mass is 251 g/mol. The molecule has 0 aliphatic carbocycles. The summed E-state index contributed by atoms with van der Waals surface area (Å²) in [6, 6.07) is 0. The Hall–Kier alpha value is 0.630. The summed E-state index contributed by atoms with van der Waals surface area (Å²) in [5, 5.41) is 2.40. The zero-order chi connectivity index (χ0) is 9.78. The first-order chi connectivity index (χ1) is 5.44. The Bertz CT molecular complexity index is 162. The number of hydrogen-bond acceptors (Lipinski definition) is 1. The van der Waals surface area contributed by atoms with Crippen molar-refractivity contribution in [2.45, 2.75) is 23.2 Å². The van der Waals surface area contributed by atoms with E-state index in [1.165, 1.54) is 0 Å². The second kappa shape index (κ2) is 5.38. The Morgan fingerprint density at radius 3 is 2.42 bits per heavy atom. The van der Waals surface area contributed by atoms with Gasteiger partial charge in [-0.1, -0.05) is 41.7 Å². The fourth-order valence-electron chi connectivity index (χ4n) is 0.417. The lowest BCUT2D eigenvalue weighted by molar-refractivity contribution is -0.121. The van der Waals surface area contributed by atoms with Crippen LogP contribution in [0.25, 0.3) is 0 Å². The molecule has 0 heterocycles. The van der Waals surface area contributed by atoms with Crippen molar-refractivity contribution in [2.24, 2.45) is 0 Å². The average molecular weight is 253 g/mol. The molecular weight excluding hydrogens is 244 g/mol. The summed E-state index contributed by atoms with van der Waals surface area (Å²) in [4.78, 5) is 10.8. The van der Waals surface area contributed by atoms with Crippen molar-refractivity contribution in [3.63, 3.8) is 0 Å². The van der Waals surface area contributed by atoms with Crippen molar-refractivity contribution < 1.29 is 4.79 Å². The van der Waals surface area contributed by atoms with Gasteiger partial charge in [-0.15, -0.1) is 11.6 Å². The summed E-state index contributed by atoms with van der Waals surface area (Å²) in [6.45, 7) is 1.70. The van der Waals surface area contributed by atoms with Crippen molar-refractivity contribution in [1.82, 2.24) is 5.32 Å². The molecule has 0 rings (SSSR count). The van der Waals surface area contributed by atoms with E-state index in [4.69, 9.17) is 46.4 Å². The lowest BCUT2D eigenvalue weighted by Crippen LogP contribution is -2.43. The second-order valence-corrected chi connectivity index (χ2v) is 4.42. The van der Waals surface area contributed by atoms with Crippen molar-refractivity contribution in [3.05, 3.63) is 0 Å². The molecular formula is C6H9Cl4NO. The highest BCUT2D eigenvalue weighted by atomic mass is 35.5. The third-order valence-electron chi connectivity index (χ3n) is 1.16. The molecule has 1 unspecified atom stereocenters. The molecule has 0 fully saturated rings. The molecule has 0 saturated carbocycles. The van der Waals surface area contributed by atoms with Crippen molar-refractivity contribution in [1.29, 1.82) is 0 Å². The van der Waals surface area contributed by atoms with E-state index in [1.54, 1.807) is 6.92 Å². The van der Waals surface area contributed by atoms with Gasteiger partial charge in [0.05, 0.1) is 5.88 Å². The maximum Gasteiger partial charge on any atom is 0.220 e. The lowest BCUT2D eigenvalue weighted by Gasteiger charge is -2.23. The number of carbonyl (C=O) groups is 1. The van der Waals surface area contributed by atoms with Crippen LogP contribution in [0.5, 0.6) is 0 Å². The quantitative estimate of drug-likeness (QED) is 0.605. The molecule has 0 spiro atoms. The largest absolute Gasteiger partial charge is 0.337 e. The van der Waals surface area contributed by atoms with Gasteiger partial charge in [0.1, 0.15) is 5.50 Å². The average Bonchev–Trinajstić information content (AvgIpc) is 2.04. The minimum absolute atomic E-state index is 0.0473. The molecule has 72 valence electrons. The summed E-state index contributed by atoms with van der Waals surface area (Å²) in [6.07, 6.45) is 0.329. The number of carbonyl (C=O) groups excluding carboxylic acids is 1. The fourth-order valence-corrected chi connectivity index (χ4v) is 0.958. The first-order valence-corrected chi connectivity index (χ1v) is 5.04. The van der Waals surface area contributed by atoms with Crippen molar-refractivity contribution >= 4 is 52.3 Å². The van der Waals surface area contributed by atoms with Crippen LogP contribution >= 0.6 is 46.4 Å². The fraction of sp³-hybridized carbons (Fsp3) is 0.833. The van der Waals surface area contributed by atoms with Gasteiger partial charge in [-0.3, -0.25) is 4.79 Å². The molecule has 6 heteroatoms. The van der Waals surface area contributed by atoms with Gasteiger partial charge in [-0.2, -0.15) is 0 Å². The van der Waals surface area contributed by atoms with Crippen molar-refractivity contribution in [2.75, 3.05) is 5.88 Å². The molecule has 0 saturated heterocycles. The van der Waals surface area contributed by atoms with E-state index in [9.17, 15) is 4.79 Å². The predicted molar refractivity (Wildman–Crippen MR) is 53.2 cm³/mol. The second-order valence-electron chi connectivity index (χ2n) is 2.18. The van der Waals surface area contributed by atoms with Gasteiger partial charge in [0, 0.05) is 6.42 Å². The molecule has 12 heavy (non-hydrogen) atoms. The zero-order valence-electron chi connectivity index (χ0n) is 6.41. The lowest BCUT2D eigenvalue weighted by atomic mass is 10.4. The SMILES string of the molecule is CCC(=O)NC(Cl)C(Cl)(Cl)CCl. The van der Waals surface area contributed by atoms with Gasteiger partial charge >= 0.3 is 0 Å². The summed E-state index contributed by atoms with van der Waals surface area (Å²) in [5.41, 5.74) is -0.870. The topological polar surface area (TPSA) is 29.1 Å². The van der Waals surface area contributed by atoms with Crippen LogP contribution in [0.4, 0.5) is 0 Å². The van der Waals surface area contributed by atoms with Gasteiger partial charge in [0.15, 0.2) is 4.33 Å². The molecule has 0 aromatic carbocycles. The van der Waals surface area contributed by atoms with Crippen LogP contribution in [0.3, 0.4) is 0 Å². The third-order valence-corrected chi connectivity index (χ3v) is 3.26. The van der Waals surface area contributed by atoms with Crippen LogP contribution in [0, 0.1) is 0 Å². The van der Waals surface area contributed by atoms with Crippen molar-refractivity contribution in [3.8, 4) is 0 Å². The minimum Gasteiger partial charge on any atom is -0.337 e. The van der Waals surface area contributed by atoms with E-state index in [-0.39, 0.29) is 11.8 Å². The number of nitrogens with one attached hydrogen (secondary N) is 1. The summed E-state index contributed by atoms with van der Waals surface area (Å²) in [5.74, 6) is -0.264. The van der Waals surface area contributed by atoms with E-state index in [0.29, 0.717) is 6.42 Å². The molecule has 0 radical (unpaired) electrons. The maximum absolute atomic E-state index is 10.8. The molecule has 2 nitrogen and oxygen atoms in total. The molecule has 1 amide bonds. The number of halogens is 4. The standard InChI is InChI=1S/C6H9Cl4NO/c1-2-4(12)11-5(8)6(9,10)3-7/h5H,2-3H2,1H3,(H,11,12). The van der Waals surface area contributed by atoms with E-state index in [0.717, 1.165) is 0 Å². The Kier molecular flexibility index (Phi) is 5.66. The molecule has 0 aliphatic heterocycles. The third kappa shape index (κ3) is 4.04. The molecule has 0 aliphatic rings. The van der Waals surface area contributed by atoms with Gasteiger partial charge in [-0.25, -0.2) is 0 Å². The molecule has 0 aromatic heterocycles. The summed E-state index contributed by atoms with van der Waals surface area (Å²) < 4.78 is -1.33. The predicted octanol–water partition coefficient (Wildman–Crippen LogP) is 2.49. The van der Waals surface area contributed by atoms with E-state index >= 15 is 0 Å². The first-order valence-electron chi connectivity index (χ1n) is 3.31. The Labute approximate surface area is 91.5 Å². The Morgan fingerprint density at radius 2 is 2.08 bits per heavy atom. The smallest absolute Gasteiger partial charge is 0.220 e. The van der Waals surface area contributed by atoms with E-state index < -0.39 is 9.83 Å². The molecule has 1 atom stereocenters. The highest BCUT2D eigenvalue weighted by Gasteiger charge is 2.33. The van der Waals surface area contributed by atoms with Gasteiger partial charge in [0.25, 0.3) is 0 Å². The maximum atomic E-state index is 10.8. The normalized spacial score (nSPS) is 14.1. The number of hydrogen-bond donors (Lipinski definition) is 1. The van der Waals surface area contributed by atoms with Crippen LogP contribution in [0.15, 0.2) is 0 Å². The summed E-state index contributed by atoms with van der Waals surface area (Å²) in [7, 11) is 0. The number of alkyl halides is 4. The number of rotatable bonds is 4. The highest BCUT2D eigenvalue weighted by Crippen LogP contribution is 2.29. The number of amides is 1. The minimum atomic E-state index is -1.33. The molecule has 0 bridgehead atoms. The van der Waals surface area contributed by atoms with Gasteiger partial charge < -0.3 is 5.32 Å². The highest BCUT2D eigenvalue weighted by molar-refractivity contribution is 6.55. The van der Waals surface area contributed by atoms with Gasteiger partial charge in [0.2, 0.25) is 5.91 Å². The Balaban J connectivity index is 4.02. The molecule has 1 N–H and O–H groups in total. The van der Waals surface area contributed by atoms with E-state index in [1.807, 2.05) is 0 Å². The summed E-state index contributed by atoms with van der Waals surface area (Å²) >= 11 is 22.4. The van der Waals surface area contributed by atoms with Crippen LogP contribution < -0.4 is 5.32 Å². The van der Waals surface area contributed by atoms with Gasteiger partial charge in [-0.05, 0) is 0 Å². The van der Waals surface area contributed by atoms with Crippen LogP contribution in [0.2, 0.25) is 0 Å². The van der Waals surface area contributed by atoms with E-state index in [2.05, 4.69) is 5.32 Å². The zero-order valence-corrected chi connectivity index (χ0v) is 9.44. The molecule has 0 aromatic rings. The van der Waals surface area contributed by atoms with Crippen LogP contribution in [-0.2, 0) is 4.79 Å². The Morgan fingerprint density at radius 1 is 1.58 bits per heavy atom. The van der Waals surface area contributed by atoms with Crippen LogP contribution in [0.1, 0.15) is 13.3 Å². The first kappa shape index (κ1) is 12.6. The van der Waals surface area contributed by atoms with Crippen LogP contribution in [-0.4, -0.2) is 21.6 Å².